The average Bonchev–Trinajstić information content (AvgIpc) is 2.35. The van der Waals surface area contributed by atoms with E-state index in [-0.39, 0.29) is 5.82 Å². The Morgan fingerprint density at radius 1 is 1.28 bits per heavy atom. The Morgan fingerprint density at radius 3 is 2.72 bits per heavy atom. The molecule has 4 nitrogen and oxygen atoms in total. The lowest BCUT2D eigenvalue weighted by Crippen LogP contribution is -2.03. The zero-order chi connectivity index (χ0) is 13.1. The highest BCUT2D eigenvalue weighted by atomic mass is 35.5. The van der Waals surface area contributed by atoms with Crippen molar-refractivity contribution >= 4 is 40.7 Å². The second kappa shape index (κ2) is 5.37. The molecular weight excluding hydrogens is 278 g/mol. The van der Waals surface area contributed by atoms with Gasteiger partial charge >= 0.3 is 0 Å². The number of hydrogen-bond donors (Lipinski definition) is 2. The Labute approximate surface area is 113 Å². The van der Waals surface area contributed by atoms with E-state index >= 15 is 0 Å². The number of aromatic nitrogens is 2. The maximum absolute atomic E-state index is 13.5. The van der Waals surface area contributed by atoms with Crippen LogP contribution >= 0.6 is 23.2 Å². The average molecular weight is 287 g/mol. The molecule has 2 rings (SSSR count). The topological polar surface area (TPSA) is 49.8 Å². The fraction of sp³-hybridized carbons (Fsp3) is 0.0909. The Hall–Kier alpha value is -1.59. The number of halogens is 3. The molecule has 0 atom stereocenters. The van der Waals surface area contributed by atoms with Crippen molar-refractivity contribution in [2.45, 2.75) is 0 Å². The van der Waals surface area contributed by atoms with Gasteiger partial charge in [0.05, 0.1) is 16.9 Å². The van der Waals surface area contributed by atoms with E-state index in [9.17, 15) is 4.39 Å². The standard InChI is InChI=1S/C11H9Cl2FN4/c1-15-11-16-5-8(14)10(18-11)17-9-3-2-6(12)4-7(9)13/h2-5H,1H3,(H2,15,16,17,18). The normalized spacial score (nSPS) is 10.2. The smallest absolute Gasteiger partial charge is 0.224 e. The van der Waals surface area contributed by atoms with Gasteiger partial charge in [-0.15, -0.1) is 0 Å². The molecule has 0 fully saturated rings. The van der Waals surface area contributed by atoms with Crippen LogP contribution in [0.4, 0.5) is 21.8 Å². The number of hydrogen-bond acceptors (Lipinski definition) is 4. The van der Waals surface area contributed by atoms with Crippen molar-refractivity contribution in [3.63, 3.8) is 0 Å². The molecule has 0 aliphatic carbocycles. The Kier molecular flexibility index (Phi) is 3.84. The summed E-state index contributed by atoms with van der Waals surface area (Å²) in [5.41, 5.74) is 0.515. The monoisotopic (exact) mass is 286 g/mol. The molecule has 0 bridgehead atoms. The summed E-state index contributed by atoms with van der Waals surface area (Å²) in [7, 11) is 1.65. The number of anilines is 3. The summed E-state index contributed by atoms with van der Waals surface area (Å²) < 4.78 is 13.5. The van der Waals surface area contributed by atoms with Crippen LogP contribution in [0.2, 0.25) is 10.0 Å². The molecule has 0 amide bonds. The molecule has 0 saturated carbocycles. The molecule has 2 N–H and O–H groups in total. The van der Waals surface area contributed by atoms with Crippen molar-refractivity contribution in [1.82, 2.24) is 9.97 Å². The van der Waals surface area contributed by atoms with Crippen LogP contribution in [0.3, 0.4) is 0 Å². The van der Waals surface area contributed by atoms with E-state index in [4.69, 9.17) is 23.2 Å². The molecule has 1 aromatic carbocycles. The molecule has 7 heteroatoms. The summed E-state index contributed by atoms with van der Waals surface area (Å²) in [5, 5.41) is 6.39. The van der Waals surface area contributed by atoms with E-state index in [1.165, 1.54) is 0 Å². The summed E-state index contributed by atoms with van der Waals surface area (Å²) in [6, 6.07) is 4.85. The van der Waals surface area contributed by atoms with Gasteiger partial charge in [0.15, 0.2) is 11.6 Å². The van der Waals surface area contributed by atoms with Gasteiger partial charge in [-0.1, -0.05) is 23.2 Å². The maximum Gasteiger partial charge on any atom is 0.224 e. The fourth-order valence-electron chi connectivity index (χ4n) is 1.29. The van der Waals surface area contributed by atoms with Gasteiger partial charge < -0.3 is 10.6 Å². The second-order valence-corrected chi connectivity index (χ2v) is 4.23. The van der Waals surface area contributed by atoms with E-state index < -0.39 is 5.82 Å². The number of rotatable bonds is 3. The first-order valence-electron chi connectivity index (χ1n) is 5.02. The predicted molar refractivity (Wildman–Crippen MR) is 71.3 cm³/mol. The number of nitrogens with zero attached hydrogens (tertiary/aromatic N) is 2. The Bertz CT molecular complexity index is 577. The van der Waals surface area contributed by atoms with Gasteiger partial charge in [-0.2, -0.15) is 4.98 Å². The highest BCUT2D eigenvalue weighted by Gasteiger charge is 2.08. The molecule has 2 aromatic rings. The van der Waals surface area contributed by atoms with Crippen LogP contribution in [0, 0.1) is 5.82 Å². The van der Waals surface area contributed by atoms with E-state index in [0.717, 1.165) is 6.20 Å². The summed E-state index contributed by atoms with van der Waals surface area (Å²) >= 11 is 11.8. The van der Waals surface area contributed by atoms with Crippen LogP contribution < -0.4 is 10.6 Å². The fourth-order valence-corrected chi connectivity index (χ4v) is 1.75. The summed E-state index contributed by atoms with van der Waals surface area (Å²) in [6.45, 7) is 0. The summed E-state index contributed by atoms with van der Waals surface area (Å²) in [5.74, 6) is -0.220. The predicted octanol–water partition coefficient (Wildman–Crippen LogP) is 3.71. The number of nitrogens with one attached hydrogen (secondary N) is 2. The SMILES string of the molecule is CNc1ncc(F)c(Nc2ccc(Cl)cc2Cl)n1. The van der Waals surface area contributed by atoms with Crippen molar-refractivity contribution in [1.29, 1.82) is 0 Å². The molecule has 0 saturated heterocycles. The van der Waals surface area contributed by atoms with Gasteiger partial charge in [-0.3, -0.25) is 0 Å². The molecule has 1 heterocycles. The van der Waals surface area contributed by atoms with E-state index in [1.807, 2.05) is 0 Å². The Morgan fingerprint density at radius 2 is 2.06 bits per heavy atom. The van der Waals surface area contributed by atoms with E-state index in [1.54, 1.807) is 25.2 Å². The van der Waals surface area contributed by atoms with Crippen LogP contribution in [-0.4, -0.2) is 17.0 Å². The highest BCUT2D eigenvalue weighted by Crippen LogP contribution is 2.28. The molecule has 94 valence electrons. The van der Waals surface area contributed by atoms with Crippen molar-refractivity contribution in [3.05, 3.63) is 40.3 Å². The van der Waals surface area contributed by atoms with Gasteiger partial charge in [-0.05, 0) is 18.2 Å². The first kappa shape index (κ1) is 12.9. The number of benzene rings is 1. The first-order valence-corrected chi connectivity index (χ1v) is 5.78. The zero-order valence-electron chi connectivity index (χ0n) is 9.34. The third-order valence-electron chi connectivity index (χ3n) is 2.15. The third-order valence-corrected chi connectivity index (χ3v) is 2.70. The lowest BCUT2D eigenvalue weighted by atomic mass is 10.3. The van der Waals surface area contributed by atoms with Crippen molar-refractivity contribution < 1.29 is 4.39 Å². The van der Waals surface area contributed by atoms with Gasteiger partial charge in [0, 0.05) is 12.1 Å². The lowest BCUT2D eigenvalue weighted by Gasteiger charge is -2.09. The van der Waals surface area contributed by atoms with Crippen LogP contribution in [0.15, 0.2) is 24.4 Å². The Balaban J connectivity index is 2.33. The molecule has 0 aliphatic heterocycles. The molecule has 1 aromatic heterocycles. The van der Waals surface area contributed by atoms with Crippen LogP contribution in [0.5, 0.6) is 0 Å². The minimum absolute atomic E-state index is 0.0403. The minimum Gasteiger partial charge on any atom is -0.357 e. The van der Waals surface area contributed by atoms with Gasteiger partial charge in [0.1, 0.15) is 0 Å². The van der Waals surface area contributed by atoms with Gasteiger partial charge in [-0.25, -0.2) is 9.37 Å². The summed E-state index contributed by atoms with van der Waals surface area (Å²) in [6.07, 6.45) is 1.07. The van der Waals surface area contributed by atoms with Gasteiger partial charge in [0.25, 0.3) is 0 Å². The van der Waals surface area contributed by atoms with Crippen molar-refractivity contribution in [2.75, 3.05) is 17.7 Å². The lowest BCUT2D eigenvalue weighted by molar-refractivity contribution is 0.619. The van der Waals surface area contributed by atoms with E-state index in [0.29, 0.717) is 21.7 Å². The van der Waals surface area contributed by atoms with Crippen molar-refractivity contribution in [3.8, 4) is 0 Å². The molecule has 0 spiro atoms. The van der Waals surface area contributed by atoms with Crippen LogP contribution in [-0.2, 0) is 0 Å². The minimum atomic E-state index is -0.569. The maximum atomic E-state index is 13.5. The van der Waals surface area contributed by atoms with Gasteiger partial charge in [0.2, 0.25) is 5.95 Å². The molecule has 0 radical (unpaired) electrons. The quantitative estimate of drug-likeness (QED) is 0.903. The first-order chi connectivity index (χ1) is 8.60. The largest absolute Gasteiger partial charge is 0.357 e. The van der Waals surface area contributed by atoms with Crippen LogP contribution in [0.25, 0.3) is 0 Å². The molecule has 0 unspecified atom stereocenters. The molecular formula is C11H9Cl2FN4. The molecule has 18 heavy (non-hydrogen) atoms. The van der Waals surface area contributed by atoms with E-state index in [2.05, 4.69) is 20.6 Å². The summed E-state index contributed by atoms with van der Waals surface area (Å²) in [4.78, 5) is 7.69. The second-order valence-electron chi connectivity index (χ2n) is 3.39. The van der Waals surface area contributed by atoms with Crippen LogP contribution in [0.1, 0.15) is 0 Å². The van der Waals surface area contributed by atoms with Crippen molar-refractivity contribution in [2.24, 2.45) is 0 Å². The molecule has 0 aliphatic rings. The third kappa shape index (κ3) is 2.80. The highest BCUT2D eigenvalue weighted by molar-refractivity contribution is 6.36. The zero-order valence-corrected chi connectivity index (χ0v) is 10.8.